The molecule has 5 amide bonds. The second-order valence-electron chi connectivity index (χ2n) is 4.68. The van der Waals surface area contributed by atoms with Crippen LogP contribution < -0.4 is 21.3 Å². The molecule has 2 atom stereocenters. The monoisotopic (exact) mass is 291 g/mol. The number of carbonyl (C=O) groups is 3. The average Bonchev–Trinajstić information content (AvgIpc) is 2.90. The lowest BCUT2D eigenvalue weighted by Crippen LogP contribution is -2.46. The lowest BCUT2D eigenvalue weighted by molar-refractivity contribution is -0.117. The molecule has 1 aromatic carbocycles. The summed E-state index contributed by atoms with van der Waals surface area (Å²) in [5, 5.41) is 19.7. The molecule has 9 nitrogen and oxygen atoms in total. The fourth-order valence-corrected chi connectivity index (χ4v) is 2.29. The fourth-order valence-electron chi connectivity index (χ4n) is 2.29. The maximum atomic E-state index is 12.0. The van der Waals surface area contributed by atoms with Crippen molar-refractivity contribution in [2.45, 2.75) is 12.3 Å². The molecule has 3 rings (SSSR count). The number of hydrogen-bond acceptors (Lipinski definition) is 4. The molecular weight excluding hydrogens is 278 g/mol. The maximum Gasteiger partial charge on any atom is 0.321 e. The number of para-hydroxylation sites is 2. The fraction of sp³-hybridized carbons (Fsp3) is 0.250. The van der Waals surface area contributed by atoms with Crippen LogP contribution >= 0.6 is 0 Å². The molecule has 2 saturated heterocycles. The van der Waals surface area contributed by atoms with E-state index in [-0.39, 0.29) is 18.0 Å². The van der Waals surface area contributed by atoms with Crippen molar-refractivity contribution in [3.8, 4) is 5.75 Å². The van der Waals surface area contributed by atoms with Gasteiger partial charge in [0.25, 0.3) is 0 Å². The molecule has 0 aliphatic carbocycles. The Balaban J connectivity index is 1.66. The summed E-state index contributed by atoms with van der Waals surface area (Å²) in [5.74, 6) is -0.543. The van der Waals surface area contributed by atoms with Gasteiger partial charge in [-0.1, -0.05) is 12.1 Å². The Hall–Kier alpha value is -2.97. The lowest BCUT2D eigenvalue weighted by atomic mass is 10.3. The zero-order valence-corrected chi connectivity index (χ0v) is 10.8. The van der Waals surface area contributed by atoms with Crippen molar-refractivity contribution in [3.63, 3.8) is 0 Å². The van der Waals surface area contributed by atoms with E-state index in [0.29, 0.717) is 0 Å². The van der Waals surface area contributed by atoms with E-state index < -0.39 is 30.3 Å². The third kappa shape index (κ3) is 2.40. The van der Waals surface area contributed by atoms with Crippen molar-refractivity contribution < 1.29 is 19.5 Å². The molecule has 5 N–H and O–H groups in total. The summed E-state index contributed by atoms with van der Waals surface area (Å²) in [7, 11) is 0. The molecular formula is C12H13N5O4. The lowest BCUT2D eigenvalue weighted by Gasteiger charge is -2.20. The molecule has 21 heavy (non-hydrogen) atoms. The highest BCUT2D eigenvalue weighted by Gasteiger charge is 2.45. The number of anilines is 1. The standard InChI is InChI=1S/C12H13N5O4/c18-7-4-2-1-3-6(7)13-8(19)5-17-10-9(15-12(17)21)14-11(20)16-10/h1-4,9-10,18H,5H2,(H,13,19)(H,15,21)(H2,14,16,20). The van der Waals surface area contributed by atoms with Gasteiger partial charge in [0.15, 0.2) is 0 Å². The van der Waals surface area contributed by atoms with E-state index in [0.717, 1.165) is 0 Å². The van der Waals surface area contributed by atoms with Crippen LogP contribution in [0, 0.1) is 0 Å². The summed E-state index contributed by atoms with van der Waals surface area (Å²) < 4.78 is 0. The van der Waals surface area contributed by atoms with Gasteiger partial charge >= 0.3 is 12.1 Å². The topological polar surface area (TPSA) is 123 Å². The SMILES string of the molecule is O=C(CN1C(=O)NC2NC(=O)NC21)Nc1ccccc1O. The Kier molecular flexibility index (Phi) is 3.01. The van der Waals surface area contributed by atoms with Crippen LogP contribution in [-0.2, 0) is 4.79 Å². The van der Waals surface area contributed by atoms with Gasteiger partial charge in [0.2, 0.25) is 5.91 Å². The molecule has 2 aliphatic rings. The minimum absolute atomic E-state index is 0.0644. The summed E-state index contributed by atoms with van der Waals surface area (Å²) in [6.07, 6.45) is -1.16. The summed E-state index contributed by atoms with van der Waals surface area (Å²) >= 11 is 0. The van der Waals surface area contributed by atoms with Gasteiger partial charge in [0.1, 0.15) is 24.6 Å². The highest BCUT2D eigenvalue weighted by Crippen LogP contribution is 2.21. The number of phenolic OH excluding ortho intramolecular Hbond substituents is 1. The highest BCUT2D eigenvalue weighted by molar-refractivity contribution is 5.96. The van der Waals surface area contributed by atoms with E-state index in [1.165, 1.54) is 11.0 Å². The van der Waals surface area contributed by atoms with Crippen LogP contribution in [0.15, 0.2) is 24.3 Å². The third-order valence-corrected chi connectivity index (χ3v) is 3.25. The van der Waals surface area contributed by atoms with E-state index in [2.05, 4.69) is 21.3 Å². The molecule has 9 heteroatoms. The van der Waals surface area contributed by atoms with Gasteiger partial charge < -0.3 is 26.4 Å². The van der Waals surface area contributed by atoms with E-state index in [9.17, 15) is 19.5 Å². The van der Waals surface area contributed by atoms with Crippen LogP contribution in [0.2, 0.25) is 0 Å². The average molecular weight is 291 g/mol. The smallest absolute Gasteiger partial charge is 0.321 e. The minimum atomic E-state index is -0.611. The van der Waals surface area contributed by atoms with Crippen molar-refractivity contribution in [2.75, 3.05) is 11.9 Å². The number of fused-ring (bicyclic) bond motifs is 1. The number of rotatable bonds is 3. The molecule has 110 valence electrons. The summed E-state index contributed by atoms with van der Waals surface area (Å²) in [6.45, 7) is -0.247. The van der Waals surface area contributed by atoms with Gasteiger partial charge in [0, 0.05) is 0 Å². The van der Waals surface area contributed by atoms with Crippen LogP contribution in [0.4, 0.5) is 15.3 Å². The molecule has 0 aromatic heterocycles. The number of carbonyl (C=O) groups excluding carboxylic acids is 3. The van der Waals surface area contributed by atoms with E-state index >= 15 is 0 Å². The van der Waals surface area contributed by atoms with Crippen LogP contribution in [-0.4, -0.2) is 46.9 Å². The number of phenols is 1. The molecule has 0 spiro atoms. The number of amides is 5. The number of benzene rings is 1. The Bertz CT molecular complexity index is 619. The third-order valence-electron chi connectivity index (χ3n) is 3.25. The second-order valence-corrected chi connectivity index (χ2v) is 4.68. The zero-order valence-electron chi connectivity index (χ0n) is 10.8. The molecule has 1 aromatic rings. The summed E-state index contributed by atoms with van der Waals surface area (Å²) in [5.41, 5.74) is 0.257. The van der Waals surface area contributed by atoms with Crippen molar-refractivity contribution in [3.05, 3.63) is 24.3 Å². The van der Waals surface area contributed by atoms with Gasteiger partial charge in [-0.15, -0.1) is 0 Å². The minimum Gasteiger partial charge on any atom is -0.506 e. The number of nitrogens with one attached hydrogen (secondary N) is 4. The van der Waals surface area contributed by atoms with Crippen molar-refractivity contribution in [2.24, 2.45) is 0 Å². The number of aromatic hydroxyl groups is 1. The van der Waals surface area contributed by atoms with Crippen LogP contribution in [0.5, 0.6) is 5.75 Å². The normalized spacial score (nSPS) is 23.1. The van der Waals surface area contributed by atoms with Crippen LogP contribution in [0.3, 0.4) is 0 Å². The van der Waals surface area contributed by atoms with Crippen LogP contribution in [0.1, 0.15) is 0 Å². The molecule has 2 aliphatic heterocycles. The Morgan fingerprint density at radius 3 is 2.76 bits per heavy atom. The van der Waals surface area contributed by atoms with Gasteiger partial charge in [-0.2, -0.15) is 0 Å². The second kappa shape index (κ2) is 4.85. The molecule has 0 radical (unpaired) electrons. The summed E-state index contributed by atoms with van der Waals surface area (Å²) in [6, 6.07) is 5.41. The highest BCUT2D eigenvalue weighted by atomic mass is 16.3. The van der Waals surface area contributed by atoms with Gasteiger partial charge in [0.05, 0.1) is 5.69 Å². The Labute approximate surface area is 119 Å². The maximum absolute atomic E-state index is 12.0. The predicted octanol–water partition coefficient (Wildman–Crippen LogP) is -0.679. The first-order valence-electron chi connectivity index (χ1n) is 6.26. The van der Waals surface area contributed by atoms with Gasteiger partial charge in [-0.3, -0.25) is 9.69 Å². The molecule has 0 bridgehead atoms. The van der Waals surface area contributed by atoms with E-state index in [4.69, 9.17) is 0 Å². The van der Waals surface area contributed by atoms with E-state index in [1.807, 2.05) is 0 Å². The van der Waals surface area contributed by atoms with Crippen molar-refractivity contribution >= 4 is 23.7 Å². The quantitative estimate of drug-likeness (QED) is 0.473. The number of nitrogens with zero attached hydrogens (tertiary/aromatic N) is 1. The first kappa shape index (κ1) is 13.0. The first-order valence-corrected chi connectivity index (χ1v) is 6.26. The largest absolute Gasteiger partial charge is 0.506 e. The molecule has 2 unspecified atom stereocenters. The van der Waals surface area contributed by atoms with Gasteiger partial charge in [-0.25, -0.2) is 9.59 Å². The number of urea groups is 2. The number of hydrogen-bond donors (Lipinski definition) is 5. The van der Waals surface area contributed by atoms with Crippen molar-refractivity contribution in [1.29, 1.82) is 0 Å². The van der Waals surface area contributed by atoms with Gasteiger partial charge in [-0.05, 0) is 12.1 Å². The summed E-state index contributed by atoms with van der Waals surface area (Å²) in [4.78, 5) is 36.1. The molecule has 0 saturated carbocycles. The molecule has 2 heterocycles. The Morgan fingerprint density at radius 2 is 2.00 bits per heavy atom. The zero-order chi connectivity index (χ0) is 15.0. The Morgan fingerprint density at radius 1 is 1.24 bits per heavy atom. The first-order chi connectivity index (χ1) is 10.0. The van der Waals surface area contributed by atoms with Crippen LogP contribution in [0.25, 0.3) is 0 Å². The van der Waals surface area contributed by atoms with E-state index in [1.54, 1.807) is 18.2 Å². The molecule has 2 fully saturated rings. The van der Waals surface area contributed by atoms with Crippen molar-refractivity contribution in [1.82, 2.24) is 20.9 Å². The predicted molar refractivity (Wildman–Crippen MR) is 71.2 cm³/mol.